The van der Waals surface area contributed by atoms with Gasteiger partial charge in [-0.3, -0.25) is 14.4 Å². The van der Waals surface area contributed by atoms with Crippen molar-refractivity contribution in [1.29, 1.82) is 0 Å². The van der Waals surface area contributed by atoms with Gasteiger partial charge in [-0.05, 0) is 138 Å². The van der Waals surface area contributed by atoms with E-state index in [9.17, 15) is 96.7 Å². The maximum atomic E-state index is 13.7. The van der Waals surface area contributed by atoms with Crippen LogP contribution in [0.15, 0.2) is 95.1 Å². The zero-order valence-electron chi connectivity index (χ0n) is 56.8. The van der Waals surface area contributed by atoms with Gasteiger partial charge >= 0.3 is 24.4 Å². The number of hydrogen-bond acceptors (Lipinski definition) is 20. The van der Waals surface area contributed by atoms with Gasteiger partial charge in [0, 0.05) is 89.1 Å². The summed E-state index contributed by atoms with van der Waals surface area (Å²) in [6, 6.07) is 12.2. The highest BCUT2D eigenvalue weighted by atomic mass is 32.2. The Balaban J connectivity index is 0.000000148. The van der Waals surface area contributed by atoms with E-state index in [1.165, 1.54) is 53.3 Å². The number of ether oxygens (including phenoxy) is 2. The van der Waals surface area contributed by atoms with Crippen molar-refractivity contribution in [3.8, 4) is 17.2 Å². The van der Waals surface area contributed by atoms with Crippen LogP contribution in [0.1, 0.15) is 144 Å². The Morgan fingerprint density at radius 2 is 1.03 bits per heavy atom. The van der Waals surface area contributed by atoms with Crippen LogP contribution in [0.5, 0.6) is 11.5 Å². The molecule has 3 aliphatic heterocycles. The topological polar surface area (TPSA) is 303 Å². The number of alkyl halides is 13. The van der Waals surface area contributed by atoms with E-state index in [1.807, 2.05) is 0 Å². The summed E-state index contributed by atoms with van der Waals surface area (Å²) in [5, 5.41) is 14.6. The number of benzene rings is 3. The zero-order chi connectivity index (χ0) is 77.1. The summed E-state index contributed by atoms with van der Waals surface area (Å²) in [5.74, 6) is -11.6. The lowest BCUT2D eigenvalue weighted by molar-refractivity contribution is -0.163. The van der Waals surface area contributed by atoms with Crippen molar-refractivity contribution in [1.82, 2.24) is 49.9 Å². The highest BCUT2D eigenvalue weighted by Crippen LogP contribution is 2.63. The van der Waals surface area contributed by atoms with Gasteiger partial charge in [-0.15, -0.1) is 0 Å². The number of aromatic nitrogens is 7. The Bertz CT molecular complexity index is 5000. The molecule has 7 heterocycles. The van der Waals surface area contributed by atoms with E-state index >= 15 is 0 Å². The summed E-state index contributed by atoms with van der Waals surface area (Å²) in [5.41, 5.74) is -5.14. The highest BCUT2D eigenvalue weighted by Gasteiger charge is 2.71. The number of rotatable bonds is 17. The fourth-order valence-corrected chi connectivity index (χ4v) is 15.8. The van der Waals surface area contributed by atoms with Gasteiger partial charge in [0.25, 0.3) is 29.6 Å². The molecule has 4 aliphatic carbocycles. The normalized spacial score (nSPS) is 23.5. The van der Waals surface area contributed by atoms with Crippen molar-refractivity contribution >= 4 is 47.2 Å². The summed E-state index contributed by atoms with van der Waals surface area (Å²) in [6.07, 6.45) is -10.2. The van der Waals surface area contributed by atoms with Crippen molar-refractivity contribution in [3.63, 3.8) is 0 Å². The lowest BCUT2D eigenvalue weighted by Crippen LogP contribution is -2.35. The number of hydrogen-bond donors (Lipinski definition) is 0. The third kappa shape index (κ3) is 14.4. The number of fused-ring (bicyclic) bond motifs is 3. The molecule has 24 nitrogen and oxygen atoms in total. The van der Waals surface area contributed by atoms with Crippen LogP contribution in [0.4, 0.5) is 57.1 Å². The molecule has 0 radical (unpaired) electrons. The molecule has 0 N–H and O–H groups in total. The van der Waals surface area contributed by atoms with E-state index in [2.05, 4.69) is 39.6 Å². The largest absolute Gasteiger partial charge is 0.490 e. The van der Waals surface area contributed by atoms with Crippen molar-refractivity contribution in [2.75, 3.05) is 58.0 Å². The van der Waals surface area contributed by atoms with Crippen LogP contribution in [0.3, 0.4) is 0 Å². The Morgan fingerprint density at radius 1 is 0.562 bits per heavy atom. The first-order valence-electron chi connectivity index (χ1n) is 32.2. The summed E-state index contributed by atoms with van der Waals surface area (Å²) in [4.78, 5) is 51.8. The molecule has 3 amide bonds. The third-order valence-corrected chi connectivity index (χ3v) is 23.5. The molecule has 3 saturated heterocycles. The summed E-state index contributed by atoms with van der Waals surface area (Å²) >= 11 is 0. The quantitative estimate of drug-likeness (QED) is 0.0765. The number of nitrogens with zero attached hydrogens (tertiary/aromatic N) is 10. The van der Waals surface area contributed by atoms with Gasteiger partial charge in [-0.1, -0.05) is 15.5 Å². The highest BCUT2D eigenvalue weighted by molar-refractivity contribution is 7.91. The van der Waals surface area contributed by atoms with E-state index in [0.29, 0.717) is 39.7 Å². The lowest BCUT2D eigenvalue weighted by Gasteiger charge is -2.25. The van der Waals surface area contributed by atoms with Gasteiger partial charge in [-0.25, -0.2) is 38.7 Å². The first-order chi connectivity index (χ1) is 48.3. The predicted molar refractivity (Wildman–Crippen MR) is 336 cm³/mol. The molecule has 7 unspecified atom stereocenters. The number of carbonyl (C=O) groups excluding carboxylic acids is 3. The minimum absolute atomic E-state index is 0.00514. The smallest absolute Gasteiger partial charge is 0.471 e. The summed E-state index contributed by atoms with van der Waals surface area (Å²) < 4.78 is 272. The number of piperidine rings is 3. The molecule has 3 aromatic carbocycles. The average molecular weight is 1550 g/mol. The van der Waals surface area contributed by atoms with Crippen molar-refractivity contribution in [2.24, 2.45) is 17.8 Å². The molecule has 0 bridgehead atoms. The number of carbonyl (C=O) groups is 3. The molecule has 568 valence electrons. The summed E-state index contributed by atoms with van der Waals surface area (Å²) in [7, 11) is -11.0. The average Bonchev–Trinajstić information content (AvgIpc) is 1.54. The fraction of sp³-hybridized carbons (Fsp3) is 0.523. The molecule has 4 aromatic heterocycles. The van der Waals surface area contributed by atoms with Gasteiger partial charge in [-0.2, -0.15) is 63.4 Å². The van der Waals surface area contributed by atoms with Gasteiger partial charge < -0.3 is 37.7 Å². The van der Waals surface area contributed by atoms with Crippen LogP contribution in [0.25, 0.3) is 5.69 Å². The van der Waals surface area contributed by atoms with Gasteiger partial charge in [0.2, 0.25) is 11.7 Å². The van der Waals surface area contributed by atoms with Crippen molar-refractivity contribution in [2.45, 2.75) is 153 Å². The number of likely N-dealkylation sites (tertiary alicyclic amines) is 3. The summed E-state index contributed by atoms with van der Waals surface area (Å²) in [6.45, 7) is 8.15. The number of sulfone groups is 3. The Labute approximate surface area is 589 Å². The minimum atomic E-state index is -4.81. The lowest BCUT2D eigenvalue weighted by atomic mass is 9.97. The van der Waals surface area contributed by atoms with Gasteiger partial charge in [0.15, 0.2) is 47.3 Å². The first-order valence-corrected chi connectivity index (χ1v) is 37.9. The molecule has 105 heavy (non-hydrogen) atoms. The molecular formula is C65H65F13N10O14S3. The Morgan fingerprint density at radius 3 is 1.50 bits per heavy atom. The van der Waals surface area contributed by atoms with Crippen LogP contribution >= 0.6 is 0 Å². The monoisotopic (exact) mass is 1550 g/mol. The second kappa shape index (κ2) is 25.2. The number of halogens is 13. The van der Waals surface area contributed by atoms with Crippen LogP contribution in [0, 0.1) is 24.7 Å². The third-order valence-electron chi connectivity index (χ3n) is 20.2. The molecule has 7 atom stereocenters. The van der Waals surface area contributed by atoms with Crippen LogP contribution in [-0.2, 0) is 69.4 Å². The Kier molecular flexibility index (Phi) is 18.3. The van der Waals surface area contributed by atoms with Gasteiger partial charge in [0.05, 0.1) is 59.7 Å². The maximum absolute atomic E-state index is 13.7. The zero-order valence-corrected chi connectivity index (χ0v) is 59.3. The molecule has 4 saturated carbocycles. The molecule has 0 spiro atoms. The predicted octanol–water partition coefficient (Wildman–Crippen LogP) is 10.7. The van der Waals surface area contributed by atoms with Crippen LogP contribution in [-0.4, -0.2) is 175 Å². The molecular weight excluding hydrogens is 1490 g/mol. The maximum Gasteiger partial charge on any atom is 0.471 e. The Hall–Kier alpha value is -8.69. The second-order valence-corrected chi connectivity index (χ2v) is 34.4. The minimum Gasteiger partial charge on any atom is -0.490 e. The van der Waals surface area contributed by atoms with Crippen LogP contribution < -0.4 is 9.47 Å². The van der Waals surface area contributed by atoms with E-state index < -0.39 is 123 Å². The molecule has 7 aromatic rings. The number of amides is 3. The molecule has 7 fully saturated rings. The van der Waals surface area contributed by atoms with Crippen LogP contribution in [0.2, 0.25) is 0 Å². The standard InChI is InChI=1S/C22H23F5N2O5S.C22H24F3N3O5S.C21H18F5N5O4S/c1-11-17(28-34-18(11)22(25,26)27)21-8-13(21)9-29(10-21)19(30)15-7-14(35(4,31)32)5-6-16(15)33-12(2)20(3,23)24;1-12(2)32-16-5-4-14(34(3,30)31)8-15(16)17(29)28-10-13-9-20(13,11-28)19-26-18(27-33-19)21(6-7-21)22(23,24)25;1-19(22,23)15-5-6-31(28-15)14-4-3-12(36(2,33)34)7-13(14)16(32)30-9-11-8-20(11,10-30)17-27-18(35-29-17)21(24,25)26/h5-7,12-13H,8-10H2,1-4H3;4-5,8,12-13H,6-7,9-11H2,1-3H3;3-7,11H,8-10H2,1-2H3. The van der Waals surface area contributed by atoms with Crippen molar-refractivity contribution < 1.29 is 120 Å². The molecule has 40 heteroatoms. The van der Waals surface area contributed by atoms with E-state index in [1.54, 1.807) is 18.7 Å². The SMILES string of the molecule is CC(C)Oc1ccc(S(C)(=O)=O)cc1C(=O)N1CC2CC2(c2nc(C3(C(F)(F)F)CC3)no2)C1.CC(F)(F)c1ccn(-c2ccc(S(C)(=O)=O)cc2C(=O)N2CC3CC3(c3noc(C(F)(F)F)n3)C2)n1.Cc1c(C23CC2CN(C(=O)c2cc(S(C)(=O)=O)ccc2OC(C)C(C)(F)F)C3)noc1C(F)(F)F. The van der Waals surface area contributed by atoms with Crippen molar-refractivity contribution in [3.05, 3.63) is 130 Å². The van der Waals surface area contributed by atoms with E-state index in [0.717, 1.165) is 60.7 Å². The first kappa shape index (κ1) is 76.0. The van der Waals surface area contributed by atoms with Gasteiger partial charge in [0.1, 0.15) is 22.6 Å². The second-order valence-electron chi connectivity index (χ2n) is 28.4. The van der Waals surface area contributed by atoms with E-state index in [-0.39, 0.29) is 147 Å². The molecule has 14 rings (SSSR count). The fourth-order valence-electron chi connectivity index (χ4n) is 13.8. The molecule has 7 aliphatic rings. The van der Waals surface area contributed by atoms with E-state index in [4.69, 9.17) is 14.0 Å².